The molecule has 3 nitrogen and oxygen atoms in total. The molecule has 0 saturated carbocycles. The molecule has 1 aromatic rings. The highest BCUT2D eigenvalue weighted by atomic mass is 127. The average molecular weight is 328 g/mol. The number of benzene rings is 1. The number of hydrogen-bond acceptors (Lipinski definition) is 3. The van der Waals surface area contributed by atoms with E-state index in [1.54, 1.807) is 0 Å². The predicted octanol–water partition coefficient (Wildman–Crippen LogP) is 1.71. The Morgan fingerprint density at radius 1 is 1.50 bits per heavy atom. The fraction of sp³-hybridized carbons (Fsp3) is 0.333. The number of aliphatic hydroxyl groups is 2. The van der Waals surface area contributed by atoms with Gasteiger partial charge in [0.2, 0.25) is 0 Å². The Bertz CT molecular complexity index is 309. The minimum atomic E-state index is -0.759. The highest BCUT2D eigenvalue weighted by Gasteiger charge is 2.04. The van der Waals surface area contributed by atoms with Gasteiger partial charge in [-0.05, 0) is 40.8 Å². The summed E-state index contributed by atoms with van der Waals surface area (Å²) in [5.74, 6) is 0. The molecule has 0 amide bonds. The van der Waals surface area contributed by atoms with Gasteiger partial charge in [0.05, 0.1) is 23.4 Å². The van der Waals surface area contributed by atoms with E-state index >= 15 is 0 Å². The van der Waals surface area contributed by atoms with E-state index in [2.05, 4.69) is 27.9 Å². The van der Waals surface area contributed by atoms with Crippen LogP contribution in [0.4, 0.5) is 5.69 Å². The molecule has 0 aliphatic carbocycles. The van der Waals surface area contributed by atoms with E-state index in [0.717, 1.165) is 9.26 Å². The largest absolute Gasteiger partial charge is 0.394 e. The molecular weight excluding hydrogens is 316 g/mol. The molecule has 0 aromatic heterocycles. The van der Waals surface area contributed by atoms with Crippen LogP contribution in [0.1, 0.15) is 0 Å². The van der Waals surface area contributed by atoms with Crippen LogP contribution in [-0.4, -0.2) is 29.5 Å². The summed E-state index contributed by atoms with van der Waals surface area (Å²) in [5, 5.41) is 21.3. The molecule has 0 saturated heterocycles. The Morgan fingerprint density at radius 3 is 2.79 bits per heavy atom. The zero-order valence-corrected chi connectivity index (χ0v) is 10.3. The van der Waals surface area contributed by atoms with Gasteiger partial charge in [-0.3, -0.25) is 0 Å². The maximum atomic E-state index is 9.11. The fourth-order valence-electron chi connectivity index (χ4n) is 0.925. The molecule has 0 heterocycles. The first kappa shape index (κ1) is 12.0. The van der Waals surface area contributed by atoms with Crippen LogP contribution in [-0.2, 0) is 0 Å². The molecule has 78 valence electrons. The first-order valence-corrected chi connectivity index (χ1v) is 5.57. The van der Waals surface area contributed by atoms with Crippen molar-refractivity contribution in [2.75, 3.05) is 18.5 Å². The van der Waals surface area contributed by atoms with Crippen LogP contribution in [0, 0.1) is 3.57 Å². The van der Waals surface area contributed by atoms with Gasteiger partial charge >= 0.3 is 0 Å². The van der Waals surface area contributed by atoms with Crippen LogP contribution in [0.15, 0.2) is 18.2 Å². The van der Waals surface area contributed by atoms with Crippen molar-refractivity contribution in [2.24, 2.45) is 0 Å². The second kappa shape index (κ2) is 5.75. The van der Waals surface area contributed by atoms with Gasteiger partial charge in [-0.1, -0.05) is 11.6 Å². The van der Waals surface area contributed by atoms with Crippen molar-refractivity contribution in [1.29, 1.82) is 0 Å². The van der Waals surface area contributed by atoms with E-state index in [1.807, 2.05) is 18.2 Å². The molecule has 1 aromatic carbocycles. The van der Waals surface area contributed by atoms with E-state index in [4.69, 9.17) is 21.8 Å². The lowest BCUT2D eigenvalue weighted by atomic mass is 10.3. The third-order valence-corrected chi connectivity index (χ3v) is 2.65. The van der Waals surface area contributed by atoms with Crippen molar-refractivity contribution in [3.8, 4) is 0 Å². The maximum absolute atomic E-state index is 9.11. The molecule has 0 aliphatic rings. The molecule has 1 atom stereocenters. The predicted molar refractivity (Wildman–Crippen MR) is 65.8 cm³/mol. The summed E-state index contributed by atoms with van der Waals surface area (Å²) in [6.45, 7) is 0.0335. The number of hydrogen-bond donors (Lipinski definition) is 3. The van der Waals surface area contributed by atoms with Crippen LogP contribution in [0.5, 0.6) is 0 Å². The van der Waals surface area contributed by atoms with E-state index in [9.17, 15) is 0 Å². The highest BCUT2D eigenvalue weighted by Crippen LogP contribution is 2.23. The van der Waals surface area contributed by atoms with Gasteiger partial charge in [0.1, 0.15) is 0 Å². The van der Waals surface area contributed by atoms with Gasteiger partial charge in [-0.25, -0.2) is 0 Å². The summed E-state index contributed by atoms with van der Waals surface area (Å²) in [4.78, 5) is 0. The Kier molecular flexibility index (Phi) is 4.94. The van der Waals surface area contributed by atoms with Crippen LogP contribution in [0.3, 0.4) is 0 Å². The molecule has 3 N–H and O–H groups in total. The van der Waals surface area contributed by atoms with Crippen molar-refractivity contribution in [1.82, 2.24) is 0 Å². The zero-order chi connectivity index (χ0) is 10.6. The quantitative estimate of drug-likeness (QED) is 0.738. The van der Waals surface area contributed by atoms with Gasteiger partial charge in [0, 0.05) is 10.1 Å². The van der Waals surface area contributed by atoms with Gasteiger partial charge in [0.15, 0.2) is 0 Å². The lowest BCUT2D eigenvalue weighted by Gasteiger charge is -2.11. The number of nitrogens with one attached hydrogen (secondary N) is 1. The van der Waals surface area contributed by atoms with Crippen molar-refractivity contribution in [3.63, 3.8) is 0 Å². The van der Waals surface area contributed by atoms with Crippen LogP contribution >= 0.6 is 34.2 Å². The number of anilines is 1. The Labute approximate surface area is 101 Å². The minimum absolute atomic E-state index is 0.255. The van der Waals surface area contributed by atoms with Gasteiger partial charge in [-0.15, -0.1) is 0 Å². The summed E-state index contributed by atoms with van der Waals surface area (Å²) in [6, 6.07) is 5.59. The molecule has 0 bridgehead atoms. The summed E-state index contributed by atoms with van der Waals surface area (Å²) < 4.78 is 1.06. The molecule has 0 fully saturated rings. The Morgan fingerprint density at radius 2 is 2.21 bits per heavy atom. The summed E-state index contributed by atoms with van der Waals surface area (Å²) in [6.07, 6.45) is -0.759. The van der Waals surface area contributed by atoms with Gasteiger partial charge < -0.3 is 15.5 Å². The van der Waals surface area contributed by atoms with Gasteiger partial charge in [0.25, 0.3) is 0 Å². The van der Waals surface area contributed by atoms with E-state index < -0.39 is 6.10 Å². The third kappa shape index (κ3) is 3.61. The second-order valence-corrected chi connectivity index (χ2v) is 4.49. The monoisotopic (exact) mass is 327 g/mol. The first-order chi connectivity index (χ1) is 6.63. The fourth-order valence-corrected chi connectivity index (χ4v) is 1.85. The lowest BCUT2D eigenvalue weighted by Crippen LogP contribution is -2.23. The summed E-state index contributed by atoms with van der Waals surface area (Å²) in [7, 11) is 0. The number of aliphatic hydroxyl groups excluding tert-OH is 2. The molecular formula is C9H11ClINO2. The number of rotatable bonds is 4. The molecule has 14 heavy (non-hydrogen) atoms. The van der Waals surface area contributed by atoms with Crippen molar-refractivity contribution < 1.29 is 10.2 Å². The first-order valence-electron chi connectivity index (χ1n) is 4.11. The minimum Gasteiger partial charge on any atom is -0.394 e. The van der Waals surface area contributed by atoms with E-state index in [-0.39, 0.29) is 13.2 Å². The lowest BCUT2D eigenvalue weighted by molar-refractivity contribution is 0.105. The van der Waals surface area contributed by atoms with E-state index in [1.165, 1.54) is 0 Å². The van der Waals surface area contributed by atoms with E-state index in [0.29, 0.717) is 5.02 Å². The third-order valence-electron chi connectivity index (χ3n) is 1.67. The molecule has 0 unspecified atom stereocenters. The zero-order valence-electron chi connectivity index (χ0n) is 7.37. The normalized spacial score (nSPS) is 12.6. The summed E-state index contributed by atoms with van der Waals surface area (Å²) >= 11 is 8.11. The number of halogens is 2. The molecule has 0 radical (unpaired) electrons. The average Bonchev–Trinajstić information content (AvgIpc) is 2.16. The van der Waals surface area contributed by atoms with Crippen molar-refractivity contribution in [2.45, 2.75) is 6.10 Å². The van der Waals surface area contributed by atoms with Crippen LogP contribution in [0.2, 0.25) is 5.02 Å². The molecule has 1 rings (SSSR count). The topological polar surface area (TPSA) is 52.5 Å². The van der Waals surface area contributed by atoms with Crippen molar-refractivity contribution in [3.05, 3.63) is 26.8 Å². The SMILES string of the molecule is OC[C@@H](O)CNc1ccc(I)cc1Cl. The standard InChI is InChI=1S/C9H11ClINO2/c10-8-3-6(11)1-2-9(8)12-4-7(14)5-13/h1-3,7,12-14H,4-5H2/t7-/m0/s1. The maximum Gasteiger partial charge on any atom is 0.0942 e. The molecule has 0 spiro atoms. The summed E-state index contributed by atoms with van der Waals surface area (Å²) in [5.41, 5.74) is 0.764. The smallest absolute Gasteiger partial charge is 0.0942 e. The molecule has 0 aliphatic heterocycles. The second-order valence-electron chi connectivity index (χ2n) is 2.84. The van der Waals surface area contributed by atoms with Crippen LogP contribution in [0.25, 0.3) is 0 Å². The highest BCUT2D eigenvalue weighted by molar-refractivity contribution is 14.1. The van der Waals surface area contributed by atoms with Crippen LogP contribution < -0.4 is 5.32 Å². The Balaban J connectivity index is 2.59. The van der Waals surface area contributed by atoms with Gasteiger partial charge in [-0.2, -0.15) is 0 Å². The molecule has 5 heteroatoms. The Hall–Kier alpha value is -0.0400. The van der Waals surface area contributed by atoms with Crippen molar-refractivity contribution >= 4 is 39.9 Å².